The summed E-state index contributed by atoms with van der Waals surface area (Å²) in [6.45, 7) is 4.88. The summed E-state index contributed by atoms with van der Waals surface area (Å²) in [5.41, 5.74) is 3.15. The van der Waals surface area contributed by atoms with E-state index in [0.717, 1.165) is 11.1 Å². The lowest BCUT2D eigenvalue weighted by Gasteiger charge is -2.22. The molecule has 1 aliphatic rings. The summed E-state index contributed by atoms with van der Waals surface area (Å²) in [4.78, 5) is 19.0. The zero-order chi connectivity index (χ0) is 20.4. The molecule has 0 saturated carbocycles. The Labute approximate surface area is 170 Å². The molecule has 29 heavy (non-hydrogen) atoms. The van der Waals surface area contributed by atoms with Crippen LogP contribution in [0.2, 0.25) is 0 Å². The number of methoxy groups -OCH3 is 1. The van der Waals surface area contributed by atoms with Gasteiger partial charge >= 0.3 is 0 Å². The third-order valence-electron chi connectivity index (χ3n) is 5.40. The van der Waals surface area contributed by atoms with Crippen molar-refractivity contribution in [2.75, 3.05) is 7.11 Å². The second kappa shape index (κ2) is 8.07. The van der Waals surface area contributed by atoms with Crippen LogP contribution >= 0.6 is 0 Å². The van der Waals surface area contributed by atoms with Gasteiger partial charge in [-0.15, -0.1) is 0 Å². The van der Waals surface area contributed by atoms with Crippen molar-refractivity contribution in [3.05, 3.63) is 65.5 Å². The van der Waals surface area contributed by atoms with Crippen LogP contribution in [0, 0.1) is 0 Å². The number of benzene rings is 2. The normalized spacial score (nSPS) is 16.6. The summed E-state index contributed by atoms with van der Waals surface area (Å²) in [5, 5.41) is 4.13. The van der Waals surface area contributed by atoms with Gasteiger partial charge in [-0.25, -0.2) is 0 Å². The Kier molecular flexibility index (Phi) is 5.34. The lowest BCUT2D eigenvalue weighted by Crippen LogP contribution is -2.27. The van der Waals surface area contributed by atoms with Crippen molar-refractivity contribution >= 4 is 5.91 Å². The van der Waals surface area contributed by atoms with Crippen LogP contribution < -0.4 is 4.74 Å². The van der Waals surface area contributed by atoms with Gasteiger partial charge in [0.25, 0.3) is 0 Å². The Balaban J connectivity index is 1.56. The van der Waals surface area contributed by atoms with E-state index in [4.69, 9.17) is 9.26 Å². The number of amides is 1. The standard InChI is InChI=1S/C23H25N3O3/c1-15(2)17-10-8-16(9-11-17)14-26-19(12-13-21(26)27)23-24-22(25-29-23)18-6-4-5-7-20(18)28-3/h4-11,15,19H,12-14H2,1-3H3. The molecule has 2 heterocycles. The first-order chi connectivity index (χ1) is 14.1. The Bertz CT molecular complexity index is 995. The van der Waals surface area contributed by atoms with E-state index in [1.807, 2.05) is 29.2 Å². The Morgan fingerprint density at radius 1 is 1.17 bits per heavy atom. The molecule has 3 aromatic rings. The minimum Gasteiger partial charge on any atom is -0.496 e. The van der Waals surface area contributed by atoms with Crippen molar-refractivity contribution in [2.45, 2.75) is 45.2 Å². The monoisotopic (exact) mass is 391 g/mol. The average molecular weight is 391 g/mol. The quantitative estimate of drug-likeness (QED) is 0.607. The van der Waals surface area contributed by atoms with Gasteiger partial charge in [0, 0.05) is 13.0 Å². The fourth-order valence-electron chi connectivity index (χ4n) is 3.70. The molecule has 1 saturated heterocycles. The molecule has 6 nitrogen and oxygen atoms in total. The van der Waals surface area contributed by atoms with Crippen LogP contribution in [0.25, 0.3) is 11.4 Å². The third-order valence-corrected chi connectivity index (χ3v) is 5.40. The van der Waals surface area contributed by atoms with Crippen LogP contribution in [-0.2, 0) is 11.3 Å². The topological polar surface area (TPSA) is 68.5 Å². The maximum absolute atomic E-state index is 12.5. The van der Waals surface area contributed by atoms with E-state index in [9.17, 15) is 4.79 Å². The van der Waals surface area contributed by atoms with Crippen LogP contribution in [-0.4, -0.2) is 28.1 Å². The molecule has 2 aromatic carbocycles. The lowest BCUT2D eigenvalue weighted by molar-refractivity contribution is -0.129. The van der Waals surface area contributed by atoms with Gasteiger partial charge in [-0.1, -0.05) is 55.4 Å². The molecule has 0 spiro atoms. The molecule has 6 heteroatoms. The van der Waals surface area contributed by atoms with Gasteiger partial charge in [-0.3, -0.25) is 4.79 Å². The highest BCUT2D eigenvalue weighted by atomic mass is 16.5. The molecule has 1 fully saturated rings. The second-order valence-electron chi connectivity index (χ2n) is 7.63. The van der Waals surface area contributed by atoms with Crippen molar-refractivity contribution in [3.8, 4) is 17.1 Å². The summed E-state index contributed by atoms with van der Waals surface area (Å²) in [5.74, 6) is 2.22. The van der Waals surface area contributed by atoms with Gasteiger partial charge in [0.05, 0.1) is 12.7 Å². The van der Waals surface area contributed by atoms with E-state index in [2.05, 4.69) is 48.3 Å². The Morgan fingerprint density at radius 2 is 1.93 bits per heavy atom. The molecular formula is C23H25N3O3. The molecule has 0 radical (unpaired) electrons. The first-order valence-electron chi connectivity index (χ1n) is 9.92. The summed E-state index contributed by atoms with van der Waals surface area (Å²) in [6.07, 6.45) is 1.16. The van der Waals surface area contributed by atoms with Gasteiger partial charge in [-0.05, 0) is 35.6 Å². The van der Waals surface area contributed by atoms with Crippen LogP contribution in [0.3, 0.4) is 0 Å². The molecule has 1 atom stereocenters. The number of para-hydroxylation sites is 1. The highest BCUT2D eigenvalue weighted by Crippen LogP contribution is 2.35. The van der Waals surface area contributed by atoms with Gasteiger partial charge in [0.1, 0.15) is 11.8 Å². The highest BCUT2D eigenvalue weighted by Gasteiger charge is 2.36. The zero-order valence-electron chi connectivity index (χ0n) is 17.0. The fourth-order valence-corrected chi connectivity index (χ4v) is 3.70. The van der Waals surface area contributed by atoms with Crippen LogP contribution in [0.4, 0.5) is 0 Å². The van der Waals surface area contributed by atoms with E-state index in [0.29, 0.717) is 42.8 Å². The number of hydrogen-bond acceptors (Lipinski definition) is 5. The average Bonchev–Trinajstić information content (AvgIpc) is 3.36. The Morgan fingerprint density at radius 3 is 2.66 bits per heavy atom. The largest absolute Gasteiger partial charge is 0.496 e. The number of ether oxygens (including phenoxy) is 1. The van der Waals surface area contributed by atoms with Crippen LogP contribution in [0.15, 0.2) is 53.1 Å². The van der Waals surface area contributed by atoms with Gasteiger partial charge < -0.3 is 14.2 Å². The number of hydrogen-bond donors (Lipinski definition) is 0. The molecule has 0 aliphatic carbocycles. The lowest BCUT2D eigenvalue weighted by atomic mass is 10.0. The van der Waals surface area contributed by atoms with Crippen molar-refractivity contribution in [2.24, 2.45) is 0 Å². The van der Waals surface area contributed by atoms with E-state index in [1.54, 1.807) is 7.11 Å². The van der Waals surface area contributed by atoms with Gasteiger partial charge in [0.15, 0.2) is 0 Å². The number of carbonyl (C=O) groups excluding carboxylic acids is 1. The molecule has 1 unspecified atom stereocenters. The summed E-state index contributed by atoms with van der Waals surface area (Å²) in [7, 11) is 1.61. The summed E-state index contributed by atoms with van der Waals surface area (Å²) < 4.78 is 11.0. The Hall–Kier alpha value is -3.15. The second-order valence-corrected chi connectivity index (χ2v) is 7.63. The van der Waals surface area contributed by atoms with Crippen molar-refractivity contribution in [1.29, 1.82) is 0 Å². The third kappa shape index (κ3) is 3.88. The highest BCUT2D eigenvalue weighted by molar-refractivity contribution is 5.79. The number of likely N-dealkylation sites (tertiary alicyclic amines) is 1. The first kappa shape index (κ1) is 19.2. The molecule has 1 aliphatic heterocycles. The van der Waals surface area contributed by atoms with Crippen LogP contribution in [0.5, 0.6) is 5.75 Å². The number of nitrogens with zero attached hydrogens (tertiary/aromatic N) is 3. The SMILES string of the molecule is COc1ccccc1-c1noc(C2CCC(=O)N2Cc2ccc(C(C)C)cc2)n1. The minimum atomic E-state index is -0.205. The minimum absolute atomic E-state index is 0.111. The smallest absolute Gasteiger partial charge is 0.249 e. The summed E-state index contributed by atoms with van der Waals surface area (Å²) in [6, 6.07) is 15.8. The first-order valence-corrected chi connectivity index (χ1v) is 9.92. The molecule has 1 aromatic heterocycles. The fraction of sp³-hybridized carbons (Fsp3) is 0.348. The van der Waals surface area contributed by atoms with E-state index < -0.39 is 0 Å². The van der Waals surface area contributed by atoms with Crippen molar-refractivity contribution in [3.63, 3.8) is 0 Å². The van der Waals surface area contributed by atoms with Crippen molar-refractivity contribution < 1.29 is 14.1 Å². The molecule has 1 amide bonds. The predicted octanol–water partition coefficient (Wildman–Crippen LogP) is 4.73. The van der Waals surface area contributed by atoms with Gasteiger partial charge in [-0.2, -0.15) is 4.98 Å². The molecule has 150 valence electrons. The number of aromatic nitrogens is 2. The number of rotatable bonds is 6. The maximum Gasteiger partial charge on any atom is 0.249 e. The van der Waals surface area contributed by atoms with Gasteiger partial charge in [0.2, 0.25) is 17.6 Å². The van der Waals surface area contributed by atoms with Crippen molar-refractivity contribution in [1.82, 2.24) is 15.0 Å². The summed E-state index contributed by atoms with van der Waals surface area (Å²) >= 11 is 0. The molecule has 0 bridgehead atoms. The zero-order valence-corrected chi connectivity index (χ0v) is 17.0. The van der Waals surface area contributed by atoms with E-state index >= 15 is 0 Å². The number of carbonyl (C=O) groups is 1. The molecular weight excluding hydrogens is 366 g/mol. The van der Waals surface area contributed by atoms with E-state index in [-0.39, 0.29) is 11.9 Å². The molecule has 4 rings (SSSR count). The maximum atomic E-state index is 12.5. The van der Waals surface area contributed by atoms with Crippen LogP contribution in [0.1, 0.15) is 55.7 Å². The van der Waals surface area contributed by atoms with E-state index in [1.165, 1.54) is 5.56 Å². The molecule has 0 N–H and O–H groups in total. The predicted molar refractivity (Wildman–Crippen MR) is 109 cm³/mol.